The van der Waals surface area contributed by atoms with Gasteiger partial charge in [0, 0.05) is 25.7 Å². The first-order chi connectivity index (χ1) is 13.5. The number of anilines is 1. The molecule has 6 nitrogen and oxygen atoms in total. The van der Waals surface area contributed by atoms with Crippen LogP contribution < -0.4 is 16.0 Å². The van der Waals surface area contributed by atoms with Crippen LogP contribution in [-0.4, -0.2) is 36.5 Å². The summed E-state index contributed by atoms with van der Waals surface area (Å²) in [5.41, 5.74) is 3.07. The Morgan fingerprint density at radius 2 is 1.97 bits per heavy atom. The van der Waals surface area contributed by atoms with Gasteiger partial charge in [-0.15, -0.1) is 24.0 Å². The van der Waals surface area contributed by atoms with Crippen molar-refractivity contribution in [3.8, 4) is 0 Å². The van der Waals surface area contributed by atoms with Crippen LogP contribution in [0.5, 0.6) is 0 Å². The summed E-state index contributed by atoms with van der Waals surface area (Å²) in [5.74, 6) is 0.851. The number of carbonyl (C=O) groups is 1. The second-order valence-corrected chi connectivity index (χ2v) is 6.53. The van der Waals surface area contributed by atoms with Crippen molar-refractivity contribution in [1.29, 1.82) is 0 Å². The molecule has 0 unspecified atom stereocenters. The molecule has 158 valence electrons. The lowest BCUT2D eigenvalue weighted by Crippen LogP contribution is -2.38. The molecular formula is C21H29FIN5O. The lowest BCUT2D eigenvalue weighted by atomic mass is 10.1. The first-order valence-corrected chi connectivity index (χ1v) is 9.47. The maximum Gasteiger partial charge on any atom is 0.227 e. The van der Waals surface area contributed by atoms with E-state index < -0.39 is 0 Å². The quantitative estimate of drug-likeness (QED) is 0.287. The minimum atomic E-state index is -0.219. The lowest BCUT2D eigenvalue weighted by molar-refractivity contribution is -0.116. The Morgan fingerprint density at radius 3 is 2.62 bits per heavy atom. The van der Waals surface area contributed by atoms with Crippen molar-refractivity contribution in [3.63, 3.8) is 0 Å². The van der Waals surface area contributed by atoms with Gasteiger partial charge in [-0.25, -0.2) is 9.37 Å². The topological polar surface area (TPSA) is 78.4 Å². The molecule has 1 amide bonds. The van der Waals surface area contributed by atoms with Crippen molar-refractivity contribution in [2.24, 2.45) is 4.99 Å². The van der Waals surface area contributed by atoms with Crippen LogP contribution in [0.4, 0.5) is 10.2 Å². The Bertz CT molecular complexity index is 811. The Kier molecular flexibility index (Phi) is 11.2. The molecule has 8 heteroatoms. The van der Waals surface area contributed by atoms with Crippen molar-refractivity contribution in [2.75, 3.05) is 25.0 Å². The molecule has 0 atom stereocenters. The van der Waals surface area contributed by atoms with Gasteiger partial charge in [-0.3, -0.25) is 9.79 Å². The van der Waals surface area contributed by atoms with Crippen LogP contribution in [0.1, 0.15) is 30.0 Å². The second kappa shape index (κ2) is 13.1. The molecule has 29 heavy (non-hydrogen) atoms. The van der Waals surface area contributed by atoms with Crippen molar-refractivity contribution in [1.82, 2.24) is 15.6 Å². The van der Waals surface area contributed by atoms with E-state index in [4.69, 9.17) is 0 Å². The molecule has 2 aromatic rings. The number of amides is 1. The number of nitrogens with one attached hydrogen (secondary N) is 3. The van der Waals surface area contributed by atoms with E-state index in [1.165, 1.54) is 12.1 Å². The molecule has 1 heterocycles. The van der Waals surface area contributed by atoms with E-state index in [-0.39, 0.29) is 42.1 Å². The maximum atomic E-state index is 13.2. The molecule has 0 saturated heterocycles. The highest BCUT2D eigenvalue weighted by Crippen LogP contribution is 2.10. The average molecular weight is 513 g/mol. The zero-order valence-electron chi connectivity index (χ0n) is 17.1. The number of hydrogen-bond acceptors (Lipinski definition) is 3. The summed E-state index contributed by atoms with van der Waals surface area (Å²) in [7, 11) is 0. The molecule has 0 fully saturated rings. The van der Waals surface area contributed by atoms with Crippen LogP contribution in [0.15, 0.2) is 41.5 Å². The highest BCUT2D eigenvalue weighted by molar-refractivity contribution is 14.0. The first-order valence-electron chi connectivity index (χ1n) is 9.47. The summed E-state index contributed by atoms with van der Waals surface area (Å²) in [6, 6.07) is 8.50. The van der Waals surface area contributed by atoms with Gasteiger partial charge in [0.15, 0.2) is 5.96 Å². The van der Waals surface area contributed by atoms with Gasteiger partial charge in [0.05, 0.1) is 6.54 Å². The van der Waals surface area contributed by atoms with Crippen molar-refractivity contribution >= 4 is 41.7 Å². The van der Waals surface area contributed by atoms with Gasteiger partial charge < -0.3 is 16.0 Å². The first kappa shape index (κ1) is 24.8. The largest absolute Gasteiger partial charge is 0.357 e. The molecule has 0 saturated carbocycles. The smallest absolute Gasteiger partial charge is 0.227 e. The van der Waals surface area contributed by atoms with E-state index in [1.54, 1.807) is 18.3 Å². The molecule has 0 bridgehead atoms. The molecule has 2 rings (SSSR count). The number of aromatic nitrogens is 1. The van der Waals surface area contributed by atoms with Crippen LogP contribution in [0.25, 0.3) is 0 Å². The van der Waals surface area contributed by atoms with Gasteiger partial charge in [-0.05, 0) is 62.1 Å². The molecule has 0 aliphatic heterocycles. The monoisotopic (exact) mass is 513 g/mol. The number of rotatable bonds is 8. The van der Waals surface area contributed by atoms with Gasteiger partial charge in [0.2, 0.25) is 5.91 Å². The number of pyridine rings is 1. The molecular weight excluding hydrogens is 484 g/mol. The maximum absolute atomic E-state index is 13.2. The van der Waals surface area contributed by atoms with E-state index in [9.17, 15) is 9.18 Å². The molecule has 1 aromatic carbocycles. The summed E-state index contributed by atoms with van der Waals surface area (Å²) in [4.78, 5) is 20.6. The number of aliphatic imine (C=N–C) groups is 1. The van der Waals surface area contributed by atoms with Gasteiger partial charge >= 0.3 is 0 Å². The van der Waals surface area contributed by atoms with Crippen LogP contribution in [-0.2, 0) is 11.2 Å². The molecule has 0 spiro atoms. The summed E-state index contributed by atoms with van der Waals surface area (Å²) < 4.78 is 13.2. The van der Waals surface area contributed by atoms with Gasteiger partial charge in [-0.1, -0.05) is 12.1 Å². The number of benzene rings is 1. The Hall–Kier alpha value is -2.23. The zero-order valence-corrected chi connectivity index (χ0v) is 19.4. The average Bonchev–Trinajstić information content (AvgIpc) is 2.65. The Balaban J connectivity index is 0.00000420. The van der Waals surface area contributed by atoms with Crippen molar-refractivity contribution in [2.45, 2.75) is 33.6 Å². The summed E-state index contributed by atoms with van der Waals surface area (Å²) in [5, 5.41) is 9.16. The Labute approximate surface area is 188 Å². The van der Waals surface area contributed by atoms with Crippen molar-refractivity contribution in [3.05, 3.63) is 59.0 Å². The normalized spacial score (nSPS) is 10.8. The third kappa shape index (κ3) is 9.21. The van der Waals surface area contributed by atoms with E-state index in [1.807, 2.05) is 26.8 Å². The third-order valence-electron chi connectivity index (χ3n) is 4.12. The molecule has 3 N–H and O–H groups in total. The third-order valence-corrected chi connectivity index (χ3v) is 4.12. The number of nitrogens with zero attached hydrogens (tertiary/aromatic N) is 2. The molecule has 0 aliphatic carbocycles. The number of guanidine groups is 1. The van der Waals surface area contributed by atoms with Gasteiger partial charge in [0.1, 0.15) is 11.6 Å². The fourth-order valence-corrected chi connectivity index (χ4v) is 2.61. The minimum absolute atomic E-state index is 0. The van der Waals surface area contributed by atoms with Crippen LogP contribution in [0, 0.1) is 19.7 Å². The summed E-state index contributed by atoms with van der Waals surface area (Å²) >= 11 is 0. The fourth-order valence-electron chi connectivity index (χ4n) is 2.61. The number of carbonyl (C=O) groups excluding carboxylic acids is 1. The Morgan fingerprint density at radius 1 is 1.17 bits per heavy atom. The predicted octanol–water partition coefficient (Wildman–Crippen LogP) is 3.58. The lowest BCUT2D eigenvalue weighted by Gasteiger charge is -2.12. The van der Waals surface area contributed by atoms with Gasteiger partial charge in [-0.2, -0.15) is 0 Å². The standard InChI is InChI=1S/C21H28FN5O.HI/c1-4-23-21(24-11-9-17-6-7-18(22)13-16(17)3)25-12-10-20(28)27-19-8-5-15(2)14-26-19;/h5-8,13-14H,4,9-12H2,1-3H3,(H2,23,24,25)(H,26,27,28);1H. The second-order valence-electron chi connectivity index (χ2n) is 6.53. The number of hydrogen-bond donors (Lipinski definition) is 3. The highest BCUT2D eigenvalue weighted by Gasteiger charge is 2.04. The SMILES string of the molecule is CCNC(=NCCC(=O)Nc1ccc(C)cn1)NCCc1ccc(F)cc1C.I. The van der Waals surface area contributed by atoms with Crippen LogP contribution >= 0.6 is 24.0 Å². The van der Waals surface area contributed by atoms with E-state index >= 15 is 0 Å². The highest BCUT2D eigenvalue weighted by atomic mass is 127. The minimum Gasteiger partial charge on any atom is -0.357 e. The predicted molar refractivity (Wildman–Crippen MR) is 126 cm³/mol. The fraction of sp³-hybridized carbons (Fsp3) is 0.381. The molecule has 0 aliphatic rings. The van der Waals surface area contributed by atoms with Crippen LogP contribution in [0.2, 0.25) is 0 Å². The van der Waals surface area contributed by atoms with Crippen LogP contribution in [0.3, 0.4) is 0 Å². The molecule has 0 radical (unpaired) electrons. The number of aryl methyl sites for hydroxylation is 2. The zero-order chi connectivity index (χ0) is 20.4. The van der Waals surface area contributed by atoms with E-state index in [0.29, 0.717) is 24.9 Å². The number of halogens is 2. The van der Waals surface area contributed by atoms with E-state index in [2.05, 4.69) is 25.9 Å². The van der Waals surface area contributed by atoms with E-state index in [0.717, 1.165) is 29.7 Å². The summed E-state index contributed by atoms with van der Waals surface area (Å²) in [6.07, 6.45) is 2.74. The van der Waals surface area contributed by atoms with Crippen molar-refractivity contribution < 1.29 is 9.18 Å². The van der Waals surface area contributed by atoms with Gasteiger partial charge in [0.25, 0.3) is 0 Å². The molecule has 1 aromatic heterocycles. The summed E-state index contributed by atoms with van der Waals surface area (Å²) in [6.45, 7) is 7.58.